The van der Waals surface area contributed by atoms with E-state index < -0.39 is 23.2 Å². The molecule has 2 aliphatic carbocycles. The van der Waals surface area contributed by atoms with Crippen LogP contribution in [0.15, 0.2) is 30.7 Å². The van der Waals surface area contributed by atoms with Gasteiger partial charge in [0.25, 0.3) is 0 Å². The quantitative estimate of drug-likeness (QED) is 0.539. The molecule has 3 aromatic heterocycles. The fourth-order valence-electron chi connectivity index (χ4n) is 5.00. The predicted molar refractivity (Wildman–Crippen MR) is 128 cm³/mol. The van der Waals surface area contributed by atoms with Crippen LogP contribution >= 0.6 is 0 Å². The predicted octanol–water partition coefficient (Wildman–Crippen LogP) is 4.11. The second kappa shape index (κ2) is 9.18. The van der Waals surface area contributed by atoms with Crippen molar-refractivity contribution >= 4 is 17.5 Å². The minimum absolute atomic E-state index is 0.0713. The maximum Gasteiger partial charge on any atom is 0.435 e. The molecule has 0 radical (unpaired) electrons. The van der Waals surface area contributed by atoms with Gasteiger partial charge in [-0.3, -0.25) is 9.48 Å². The van der Waals surface area contributed by atoms with Crippen LogP contribution in [0.5, 0.6) is 0 Å². The molecule has 0 spiro atoms. The van der Waals surface area contributed by atoms with Gasteiger partial charge in [0.1, 0.15) is 5.82 Å². The fraction of sp³-hybridized carbons (Fsp3) is 0.480. The molecule has 11 heteroatoms. The number of nitrogens with zero attached hydrogens (tertiary/aromatic N) is 6. The lowest BCUT2D eigenvalue weighted by Gasteiger charge is -2.17. The normalized spacial score (nSPS) is 22.0. The highest BCUT2D eigenvalue weighted by Gasteiger charge is 2.45. The molecule has 3 atom stereocenters. The highest BCUT2D eigenvalue weighted by atomic mass is 19.4. The van der Waals surface area contributed by atoms with E-state index in [-0.39, 0.29) is 6.54 Å². The fourth-order valence-corrected chi connectivity index (χ4v) is 5.00. The second-order valence-electron chi connectivity index (χ2n) is 9.91. The molecule has 4 heterocycles. The van der Waals surface area contributed by atoms with Crippen LogP contribution in [0.2, 0.25) is 0 Å². The van der Waals surface area contributed by atoms with Gasteiger partial charge in [-0.05, 0) is 55.6 Å². The monoisotopic (exact) mass is 499 g/mol. The van der Waals surface area contributed by atoms with E-state index in [2.05, 4.69) is 37.9 Å². The first-order valence-electron chi connectivity index (χ1n) is 12.0. The zero-order chi connectivity index (χ0) is 25.6. The lowest BCUT2D eigenvalue weighted by atomic mass is 10.1. The molecule has 3 unspecified atom stereocenters. The van der Waals surface area contributed by atoms with Gasteiger partial charge in [-0.2, -0.15) is 18.3 Å². The number of hydrogen-bond donors (Lipinski definition) is 1. The molecule has 3 aromatic rings. The van der Waals surface area contributed by atoms with E-state index >= 15 is 0 Å². The number of ketones is 1. The van der Waals surface area contributed by atoms with Gasteiger partial charge in [-0.15, -0.1) is 0 Å². The maximum atomic E-state index is 13.0. The summed E-state index contributed by atoms with van der Waals surface area (Å²) in [6.45, 7) is 5.35. The largest absolute Gasteiger partial charge is 0.435 e. The van der Waals surface area contributed by atoms with Gasteiger partial charge in [-0.25, -0.2) is 15.0 Å². The summed E-state index contributed by atoms with van der Waals surface area (Å²) in [6.07, 6.45) is 3.25. The minimum atomic E-state index is -4.66. The third kappa shape index (κ3) is 5.05. The first-order chi connectivity index (χ1) is 17.1. The SMILES string of the molecule is CC(=O)c1cn(Cc2cnc(N3CC4CC4C3)nc2)nc1C(F)(F)F.CC1CCc2nc(N)ccc21. The van der Waals surface area contributed by atoms with Gasteiger partial charge < -0.3 is 10.6 Å². The van der Waals surface area contributed by atoms with Gasteiger partial charge in [0.15, 0.2) is 11.5 Å². The number of alkyl halides is 3. The Morgan fingerprint density at radius 1 is 1.17 bits per heavy atom. The van der Waals surface area contributed by atoms with Gasteiger partial charge in [0.2, 0.25) is 5.95 Å². The first-order valence-corrected chi connectivity index (χ1v) is 12.0. The van der Waals surface area contributed by atoms with Crippen LogP contribution in [0.3, 0.4) is 0 Å². The molecule has 3 aliphatic rings. The summed E-state index contributed by atoms with van der Waals surface area (Å²) in [4.78, 5) is 26.4. The Morgan fingerprint density at radius 3 is 2.47 bits per heavy atom. The molecular formula is C25H28F3N7O. The summed E-state index contributed by atoms with van der Waals surface area (Å²) in [5.74, 6) is 2.84. The number of hydrogen-bond acceptors (Lipinski definition) is 7. The van der Waals surface area contributed by atoms with Gasteiger partial charge in [0.05, 0.1) is 12.1 Å². The molecule has 0 amide bonds. The van der Waals surface area contributed by atoms with Crippen LogP contribution in [-0.4, -0.2) is 43.6 Å². The first kappa shape index (κ1) is 24.2. The van der Waals surface area contributed by atoms with Crippen LogP contribution < -0.4 is 10.6 Å². The van der Waals surface area contributed by atoms with Crippen LogP contribution in [-0.2, 0) is 19.1 Å². The van der Waals surface area contributed by atoms with Crippen LogP contribution in [0.1, 0.15) is 65.5 Å². The van der Waals surface area contributed by atoms with E-state index in [0.717, 1.165) is 49.1 Å². The number of pyridine rings is 1. The van der Waals surface area contributed by atoms with Gasteiger partial charge in [0, 0.05) is 42.9 Å². The highest BCUT2D eigenvalue weighted by Crippen LogP contribution is 2.45. The van der Waals surface area contributed by atoms with Crippen molar-refractivity contribution in [2.24, 2.45) is 11.8 Å². The van der Waals surface area contributed by atoms with Crippen molar-refractivity contribution in [2.45, 2.75) is 51.7 Å². The number of fused-ring (bicyclic) bond motifs is 2. The Labute approximate surface area is 206 Å². The number of nitrogen functional groups attached to an aromatic ring is 1. The number of aromatic nitrogens is 5. The van der Waals surface area contributed by atoms with Crippen molar-refractivity contribution < 1.29 is 18.0 Å². The van der Waals surface area contributed by atoms with Crippen molar-refractivity contribution in [1.82, 2.24) is 24.7 Å². The second-order valence-corrected chi connectivity index (χ2v) is 9.91. The molecule has 0 aromatic carbocycles. The van der Waals surface area contributed by atoms with Gasteiger partial charge >= 0.3 is 6.18 Å². The summed E-state index contributed by atoms with van der Waals surface area (Å²) in [5.41, 5.74) is 7.20. The Bertz CT molecular complexity index is 1260. The van der Waals surface area contributed by atoms with E-state index in [9.17, 15) is 18.0 Å². The topological polar surface area (TPSA) is 103 Å². The molecule has 190 valence electrons. The molecule has 0 bridgehead atoms. The number of nitrogens with two attached hydrogens (primary N) is 1. The minimum Gasteiger partial charge on any atom is -0.384 e. The number of rotatable bonds is 4. The van der Waals surface area contributed by atoms with E-state index in [1.54, 1.807) is 12.4 Å². The van der Waals surface area contributed by atoms with Crippen molar-refractivity contribution in [1.29, 1.82) is 0 Å². The van der Waals surface area contributed by atoms with E-state index in [0.29, 0.717) is 23.2 Å². The highest BCUT2D eigenvalue weighted by molar-refractivity contribution is 5.95. The van der Waals surface area contributed by atoms with Crippen molar-refractivity contribution in [3.63, 3.8) is 0 Å². The summed E-state index contributed by atoms with van der Waals surface area (Å²) in [6, 6.07) is 4.00. The molecule has 1 aliphatic heterocycles. The van der Waals surface area contributed by atoms with E-state index in [4.69, 9.17) is 5.73 Å². The molecular weight excluding hydrogens is 471 g/mol. The number of carbonyl (C=O) groups excluding carboxylic acids is 1. The summed E-state index contributed by atoms with van der Waals surface area (Å²) in [5, 5.41) is 3.52. The standard InChI is InChI=1S/C16H16F3N5O.C9H12N2/c1-9(25)13-8-24(22-14(13)16(17,18)19)5-10-3-20-15(21-4-10)23-6-11-2-12(11)7-23;1-6-2-4-8-7(6)3-5-9(10)11-8/h3-4,8,11-12H,2,5-7H2,1H3;3,5-6H,2,4H2,1H3,(H2,10,11). The number of halogens is 3. The van der Waals surface area contributed by atoms with E-state index in [1.165, 1.54) is 24.1 Å². The zero-order valence-corrected chi connectivity index (χ0v) is 20.2. The molecule has 36 heavy (non-hydrogen) atoms. The van der Waals surface area contributed by atoms with Crippen LogP contribution in [0.25, 0.3) is 0 Å². The molecule has 1 saturated heterocycles. The molecule has 2 fully saturated rings. The van der Waals surface area contributed by atoms with Gasteiger partial charge in [-0.1, -0.05) is 13.0 Å². The number of aryl methyl sites for hydroxylation is 1. The summed E-state index contributed by atoms with van der Waals surface area (Å²) in [7, 11) is 0. The average Bonchev–Trinajstić information content (AvgIpc) is 3.16. The molecule has 8 nitrogen and oxygen atoms in total. The lowest BCUT2D eigenvalue weighted by Crippen LogP contribution is -2.24. The van der Waals surface area contributed by atoms with Crippen molar-refractivity contribution in [3.8, 4) is 0 Å². The zero-order valence-electron chi connectivity index (χ0n) is 20.2. The van der Waals surface area contributed by atoms with Crippen LogP contribution in [0.4, 0.5) is 24.9 Å². The Balaban J connectivity index is 0.000000202. The lowest BCUT2D eigenvalue weighted by molar-refractivity contribution is -0.141. The van der Waals surface area contributed by atoms with Crippen molar-refractivity contribution in [3.05, 3.63) is 58.8 Å². The Morgan fingerprint density at radius 2 is 1.86 bits per heavy atom. The van der Waals surface area contributed by atoms with Crippen molar-refractivity contribution in [2.75, 3.05) is 23.7 Å². The summed E-state index contributed by atoms with van der Waals surface area (Å²) < 4.78 is 40.0. The Hall–Kier alpha value is -3.50. The number of carbonyl (C=O) groups is 1. The third-order valence-electron chi connectivity index (χ3n) is 7.08. The number of Topliss-reactive ketones (excluding diaryl/α,β-unsaturated/α-hetero) is 1. The van der Waals surface area contributed by atoms with E-state index in [1.807, 2.05) is 6.07 Å². The average molecular weight is 500 g/mol. The third-order valence-corrected chi connectivity index (χ3v) is 7.08. The molecule has 6 rings (SSSR count). The number of anilines is 2. The Kier molecular flexibility index (Phi) is 6.17. The molecule has 1 saturated carbocycles. The smallest absolute Gasteiger partial charge is 0.384 e. The summed E-state index contributed by atoms with van der Waals surface area (Å²) >= 11 is 0. The maximum absolute atomic E-state index is 13.0. The number of piperidine rings is 1. The van der Waals surface area contributed by atoms with Crippen LogP contribution in [0, 0.1) is 11.8 Å². The molecule has 2 N–H and O–H groups in total.